The third-order valence-corrected chi connectivity index (χ3v) is 5.23. The van der Waals surface area contributed by atoms with Crippen LogP contribution in [0.4, 0.5) is 0 Å². The van der Waals surface area contributed by atoms with E-state index in [-0.39, 0.29) is 13.2 Å². The highest BCUT2D eigenvalue weighted by Crippen LogP contribution is 2.29. The monoisotopic (exact) mass is 503 g/mol. The zero-order chi connectivity index (χ0) is 26.1. The highest BCUT2D eigenvalue weighted by atomic mass is 35.5. The highest BCUT2D eigenvalue weighted by molar-refractivity contribution is 6.29. The van der Waals surface area contributed by atoms with Gasteiger partial charge in [0, 0.05) is 23.4 Å². The van der Waals surface area contributed by atoms with E-state index < -0.39 is 18.6 Å². The van der Waals surface area contributed by atoms with Gasteiger partial charge in [-0.05, 0) is 61.6 Å². The van der Waals surface area contributed by atoms with Crippen LogP contribution >= 0.6 is 11.6 Å². The maximum atomic E-state index is 11.1. The van der Waals surface area contributed by atoms with Crippen molar-refractivity contribution in [3.05, 3.63) is 63.9 Å². The van der Waals surface area contributed by atoms with E-state index in [2.05, 4.69) is 35.7 Å². The molecule has 2 aromatic rings. The van der Waals surface area contributed by atoms with Crippen molar-refractivity contribution in [2.24, 2.45) is 10.9 Å². The van der Waals surface area contributed by atoms with Crippen molar-refractivity contribution < 1.29 is 24.5 Å². The molecule has 0 radical (unpaired) electrons. The molecule has 0 spiro atoms. The summed E-state index contributed by atoms with van der Waals surface area (Å²) in [5, 5.41) is 21.5. The number of benzene rings is 1. The topological polar surface area (TPSA) is 113 Å². The molecule has 190 valence electrons. The quantitative estimate of drug-likeness (QED) is 0.246. The molecule has 0 aliphatic heterocycles. The zero-order valence-corrected chi connectivity index (χ0v) is 21.6. The van der Waals surface area contributed by atoms with Gasteiger partial charge in [-0.25, -0.2) is 9.98 Å². The number of nitrogens with one attached hydrogen (secondary N) is 1. The third kappa shape index (κ3) is 8.65. The number of nitrogens with zero attached hydrogens (tertiary/aromatic N) is 2. The normalized spacial score (nSPS) is 12.4. The van der Waals surface area contributed by atoms with Crippen LogP contribution in [0.2, 0.25) is 5.15 Å². The van der Waals surface area contributed by atoms with Crippen LogP contribution in [-0.2, 0) is 16.0 Å². The lowest BCUT2D eigenvalue weighted by atomic mass is 10.0. The number of aliphatic hydroxyl groups excluding tert-OH is 2. The van der Waals surface area contributed by atoms with E-state index in [4.69, 9.17) is 26.2 Å². The number of aryl methyl sites for hydroxylation is 2. The number of carbonyl (C=O) groups is 1. The average Bonchev–Trinajstić information content (AvgIpc) is 2.79. The molecule has 0 bridgehead atoms. The van der Waals surface area contributed by atoms with Gasteiger partial charge in [-0.2, -0.15) is 0 Å². The molecule has 1 atom stereocenters. The molecule has 3 N–H and O–H groups in total. The summed E-state index contributed by atoms with van der Waals surface area (Å²) in [4.78, 5) is 20.1. The Bertz CT molecular complexity index is 1060. The molecule has 35 heavy (non-hydrogen) atoms. The maximum Gasteiger partial charge on any atom is 0.245 e. The minimum absolute atomic E-state index is 0.0127. The van der Waals surface area contributed by atoms with Gasteiger partial charge < -0.3 is 25.0 Å². The van der Waals surface area contributed by atoms with E-state index in [0.717, 1.165) is 34.4 Å². The lowest BCUT2D eigenvalue weighted by molar-refractivity contribution is -0.124. The first kappa shape index (κ1) is 28.3. The first-order valence-electron chi connectivity index (χ1n) is 11.3. The van der Waals surface area contributed by atoms with Gasteiger partial charge in [0.1, 0.15) is 30.2 Å². The summed E-state index contributed by atoms with van der Waals surface area (Å²) in [7, 11) is 1.55. The van der Waals surface area contributed by atoms with Crippen molar-refractivity contribution in [3.63, 3.8) is 0 Å². The van der Waals surface area contributed by atoms with Crippen LogP contribution < -0.4 is 10.1 Å². The molecule has 1 heterocycles. The Labute approximate surface area is 211 Å². The van der Waals surface area contributed by atoms with Crippen molar-refractivity contribution >= 4 is 29.1 Å². The number of methoxy groups -OCH3 is 1. The number of rotatable bonds is 11. The molecular weight excluding hydrogens is 470 g/mol. The second kappa shape index (κ2) is 13.2. The molecule has 0 saturated heterocycles. The van der Waals surface area contributed by atoms with Gasteiger partial charge in [0.25, 0.3) is 0 Å². The Kier molecular flexibility index (Phi) is 10.7. The fourth-order valence-electron chi connectivity index (χ4n) is 3.48. The second-order valence-corrected chi connectivity index (χ2v) is 9.09. The van der Waals surface area contributed by atoms with Crippen LogP contribution in [0.1, 0.15) is 41.8 Å². The molecule has 9 heteroatoms. The maximum absolute atomic E-state index is 11.1. The molecule has 0 saturated carbocycles. The van der Waals surface area contributed by atoms with Gasteiger partial charge in [0.15, 0.2) is 0 Å². The van der Waals surface area contributed by atoms with Crippen LogP contribution in [0.25, 0.3) is 5.70 Å². The summed E-state index contributed by atoms with van der Waals surface area (Å²) in [6.07, 6.45) is -0.131. The van der Waals surface area contributed by atoms with Crippen molar-refractivity contribution in [3.8, 4) is 5.75 Å². The predicted molar refractivity (Wildman–Crippen MR) is 138 cm³/mol. The van der Waals surface area contributed by atoms with Gasteiger partial charge in [-0.1, -0.05) is 32.0 Å². The summed E-state index contributed by atoms with van der Waals surface area (Å²) < 4.78 is 11.3. The average molecular weight is 504 g/mol. The summed E-state index contributed by atoms with van der Waals surface area (Å²) in [5.74, 6) is 0.886. The standard InChI is InChI=1S/C26H34ClN3O5/c1-15(2)7-21-10-20(11-23(27)30-21)26(34-6)29-18(5)19-8-16(3)25(17(4)9-19)35-14-22(32)12-28-24(33)13-31/h8-11,15,22,31-32H,5,7,12-14H2,1-4,6H3,(H,28,33). The summed E-state index contributed by atoms with van der Waals surface area (Å²) >= 11 is 6.23. The van der Waals surface area contributed by atoms with Gasteiger partial charge in [-0.15, -0.1) is 0 Å². The predicted octanol–water partition coefficient (Wildman–Crippen LogP) is 3.46. The van der Waals surface area contributed by atoms with E-state index in [1.807, 2.05) is 32.0 Å². The molecule has 0 fully saturated rings. The lowest BCUT2D eigenvalue weighted by Crippen LogP contribution is -2.36. The Hall–Kier alpha value is -2.94. The first-order chi connectivity index (χ1) is 16.5. The first-order valence-corrected chi connectivity index (χ1v) is 11.7. The van der Waals surface area contributed by atoms with Gasteiger partial charge in [0.05, 0.1) is 12.8 Å². The van der Waals surface area contributed by atoms with E-state index in [9.17, 15) is 9.90 Å². The lowest BCUT2D eigenvalue weighted by Gasteiger charge is -2.17. The Morgan fingerprint density at radius 3 is 2.43 bits per heavy atom. The Balaban J connectivity index is 2.20. The van der Waals surface area contributed by atoms with Gasteiger partial charge in [-0.3, -0.25) is 4.79 Å². The van der Waals surface area contributed by atoms with Crippen molar-refractivity contribution in [2.45, 2.75) is 40.2 Å². The fraction of sp³-hybridized carbons (Fsp3) is 0.423. The number of halogens is 1. The van der Waals surface area contributed by atoms with E-state index >= 15 is 0 Å². The molecule has 1 unspecified atom stereocenters. The number of aromatic nitrogens is 1. The van der Waals surface area contributed by atoms with Crippen molar-refractivity contribution in [1.29, 1.82) is 0 Å². The number of amides is 1. The molecular formula is C26H34ClN3O5. The van der Waals surface area contributed by atoms with Crippen LogP contribution in [0.15, 0.2) is 35.8 Å². The molecule has 2 rings (SSSR count). The SMILES string of the molecule is C=C(N=C(OC)c1cc(Cl)nc(CC(C)C)c1)c1cc(C)c(OCC(O)CNC(=O)CO)c(C)c1. The summed E-state index contributed by atoms with van der Waals surface area (Å²) in [6.45, 7) is 11.5. The molecule has 0 aliphatic rings. The van der Waals surface area contributed by atoms with E-state index in [1.165, 1.54) is 0 Å². The second-order valence-electron chi connectivity index (χ2n) is 8.70. The number of carbonyl (C=O) groups excluding carboxylic acids is 1. The number of ether oxygens (including phenoxy) is 2. The van der Waals surface area contributed by atoms with Crippen molar-refractivity contribution in [1.82, 2.24) is 10.3 Å². The molecule has 8 nitrogen and oxygen atoms in total. The Morgan fingerprint density at radius 2 is 1.86 bits per heavy atom. The zero-order valence-electron chi connectivity index (χ0n) is 20.9. The third-order valence-electron chi connectivity index (χ3n) is 5.03. The summed E-state index contributed by atoms with van der Waals surface area (Å²) in [6, 6.07) is 7.42. The highest BCUT2D eigenvalue weighted by Gasteiger charge is 2.14. The minimum Gasteiger partial charge on any atom is -0.490 e. The number of hydrogen-bond acceptors (Lipinski definition) is 7. The minimum atomic E-state index is -0.916. The van der Waals surface area contributed by atoms with Crippen LogP contribution in [0.5, 0.6) is 5.75 Å². The van der Waals surface area contributed by atoms with Gasteiger partial charge >= 0.3 is 0 Å². The van der Waals surface area contributed by atoms with Crippen LogP contribution in [-0.4, -0.2) is 60.0 Å². The molecule has 0 aliphatic carbocycles. The van der Waals surface area contributed by atoms with Crippen LogP contribution in [0.3, 0.4) is 0 Å². The molecule has 1 aromatic heterocycles. The summed E-state index contributed by atoms with van der Waals surface area (Å²) in [5.41, 5.74) is 4.57. The molecule has 1 amide bonds. The number of hydrogen-bond donors (Lipinski definition) is 3. The molecule has 1 aromatic carbocycles. The number of aliphatic hydroxyl groups is 2. The van der Waals surface area contributed by atoms with E-state index in [0.29, 0.717) is 28.4 Å². The van der Waals surface area contributed by atoms with E-state index in [1.54, 1.807) is 13.2 Å². The largest absolute Gasteiger partial charge is 0.490 e. The Morgan fingerprint density at radius 1 is 1.20 bits per heavy atom. The smallest absolute Gasteiger partial charge is 0.245 e. The van der Waals surface area contributed by atoms with Crippen LogP contribution in [0, 0.1) is 19.8 Å². The number of aliphatic imine (C=N–C) groups is 1. The fourth-order valence-corrected chi connectivity index (χ4v) is 3.71. The van der Waals surface area contributed by atoms with Gasteiger partial charge in [0.2, 0.25) is 11.8 Å². The van der Waals surface area contributed by atoms with Crippen molar-refractivity contribution in [2.75, 3.05) is 26.9 Å². The number of pyridine rings is 1.